The topological polar surface area (TPSA) is 113 Å². The molecule has 0 unspecified atom stereocenters. The van der Waals surface area contributed by atoms with E-state index in [2.05, 4.69) is 4.98 Å². The van der Waals surface area contributed by atoms with E-state index < -0.39 is 12.5 Å². The lowest BCUT2D eigenvalue weighted by atomic mass is 10.1. The minimum atomic E-state index is -2.97. The van der Waals surface area contributed by atoms with Crippen molar-refractivity contribution in [3.8, 4) is 22.6 Å². The Bertz CT molecular complexity index is 1810. The molecule has 0 atom stereocenters. The van der Waals surface area contributed by atoms with Crippen LogP contribution in [-0.4, -0.2) is 39.5 Å². The molecule has 0 bridgehead atoms. The fourth-order valence-corrected chi connectivity index (χ4v) is 5.18. The van der Waals surface area contributed by atoms with E-state index in [1.54, 1.807) is 41.4 Å². The number of pyridine rings is 1. The number of amides is 2. The van der Waals surface area contributed by atoms with Crippen molar-refractivity contribution in [2.45, 2.75) is 32.6 Å². The van der Waals surface area contributed by atoms with Gasteiger partial charge in [-0.2, -0.15) is 8.78 Å². The Kier molecular flexibility index (Phi) is 7.69. The Morgan fingerprint density at radius 3 is 2.58 bits per heavy atom. The van der Waals surface area contributed by atoms with Crippen LogP contribution >= 0.6 is 0 Å². The molecule has 2 N–H and O–H groups in total. The number of para-hydroxylation sites is 1. The molecular weight excluding hydrogens is 556 g/mol. The lowest BCUT2D eigenvalue weighted by molar-refractivity contribution is -0.117. The van der Waals surface area contributed by atoms with Crippen molar-refractivity contribution in [2.75, 3.05) is 11.4 Å². The number of fused-ring (bicyclic) bond motifs is 1. The van der Waals surface area contributed by atoms with Crippen molar-refractivity contribution in [2.24, 2.45) is 5.73 Å². The van der Waals surface area contributed by atoms with E-state index in [9.17, 15) is 18.4 Å². The number of carbonyl (C=O) groups excluding carboxylic acids is 2. The lowest BCUT2D eigenvalue weighted by Gasteiger charge is -2.17. The van der Waals surface area contributed by atoms with Gasteiger partial charge in [-0.15, -0.1) is 0 Å². The number of nitrogens with two attached hydrogens (primary N) is 1. The molecule has 0 saturated carbocycles. The quantitative estimate of drug-likeness (QED) is 0.231. The first-order valence-electron chi connectivity index (χ1n) is 13.7. The van der Waals surface area contributed by atoms with Crippen molar-refractivity contribution in [1.29, 1.82) is 0 Å². The predicted octanol–water partition coefficient (Wildman–Crippen LogP) is 5.55. The highest BCUT2D eigenvalue weighted by Crippen LogP contribution is 2.30. The fourth-order valence-electron chi connectivity index (χ4n) is 5.18. The van der Waals surface area contributed by atoms with Gasteiger partial charge in [0.2, 0.25) is 5.91 Å². The summed E-state index contributed by atoms with van der Waals surface area (Å²) in [5, 5.41) is 0. The monoisotopic (exact) mass is 583 g/mol. The molecule has 1 fully saturated rings. The van der Waals surface area contributed by atoms with Gasteiger partial charge in [0.15, 0.2) is 0 Å². The molecule has 1 saturated heterocycles. The largest absolute Gasteiger partial charge is 0.486 e. The number of aromatic nitrogens is 3. The van der Waals surface area contributed by atoms with Crippen LogP contribution < -0.4 is 20.1 Å². The molecule has 3 heterocycles. The number of rotatable bonds is 10. The van der Waals surface area contributed by atoms with Gasteiger partial charge in [0, 0.05) is 42.0 Å². The van der Waals surface area contributed by atoms with E-state index in [0.717, 1.165) is 28.8 Å². The van der Waals surface area contributed by atoms with Crippen molar-refractivity contribution < 1.29 is 27.8 Å². The SMILES string of the molecule is NC(=O)c1ccc(-c2ccc3nc(COc4cccc(N5CCCC5=O)c4)n(Cc4ccccc4OC(F)F)c3c2)cn1. The Labute approximate surface area is 245 Å². The maximum absolute atomic E-state index is 13.2. The number of ether oxygens (including phenoxy) is 2. The van der Waals surface area contributed by atoms with E-state index in [4.69, 9.17) is 20.2 Å². The number of halogens is 2. The number of benzene rings is 3. The molecule has 1 aliphatic rings. The Hall–Kier alpha value is -5.32. The fraction of sp³-hybridized carbons (Fsp3) is 0.188. The first-order valence-corrected chi connectivity index (χ1v) is 13.7. The maximum Gasteiger partial charge on any atom is 0.387 e. The van der Waals surface area contributed by atoms with Crippen molar-refractivity contribution in [1.82, 2.24) is 14.5 Å². The third-order valence-electron chi connectivity index (χ3n) is 7.26. The summed E-state index contributed by atoms with van der Waals surface area (Å²) in [4.78, 5) is 34.4. The zero-order chi connectivity index (χ0) is 29.9. The van der Waals surface area contributed by atoms with Crippen molar-refractivity contribution in [3.05, 3.63) is 102 Å². The maximum atomic E-state index is 13.2. The number of nitrogens with zero attached hydrogens (tertiary/aromatic N) is 4. The molecule has 5 aromatic rings. The van der Waals surface area contributed by atoms with Gasteiger partial charge in [-0.05, 0) is 48.4 Å². The number of anilines is 1. The van der Waals surface area contributed by atoms with Gasteiger partial charge in [-0.3, -0.25) is 14.6 Å². The molecular formula is C32H27F2N5O4. The molecule has 6 rings (SSSR count). The molecule has 0 radical (unpaired) electrons. The summed E-state index contributed by atoms with van der Waals surface area (Å²) in [7, 11) is 0. The second kappa shape index (κ2) is 11.9. The number of imidazole rings is 1. The van der Waals surface area contributed by atoms with Gasteiger partial charge in [0.25, 0.3) is 5.91 Å². The van der Waals surface area contributed by atoms with Crippen LogP contribution in [0.2, 0.25) is 0 Å². The van der Waals surface area contributed by atoms with E-state index >= 15 is 0 Å². The molecule has 2 amide bonds. The zero-order valence-electron chi connectivity index (χ0n) is 23.0. The van der Waals surface area contributed by atoms with Gasteiger partial charge >= 0.3 is 6.61 Å². The number of carbonyl (C=O) groups is 2. The van der Waals surface area contributed by atoms with Crippen LogP contribution in [0.5, 0.6) is 11.5 Å². The van der Waals surface area contributed by atoms with Crippen molar-refractivity contribution in [3.63, 3.8) is 0 Å². The highest BCUT2D eigenvalue weighted by molar-refractivity contribution is 5.95. The molecule has 43 heavy (non-hydrogen) atoms. The number of hydrogen-bond donors (Lipinski definition) is 1. The van der Waals surface area contributed by atoms with Crippen molar-refractivity contribution >= 4 is 28.5 Å². The molecule has 1 aliphatic heterocycles. The third-order valence-corrected chi connectivity index (χ3v) is 7.26. The van der Waals surface area contributed by atoms with Crippen LogP contribution in [0.15, 0.2) is 85.1 Å². The summed E-state index contributed by atoms with van der Waals surface area (Å²) in [6.07, 6.45) is 2.91. The van der Waals surface area contributed by atoms with Gasteiger partial charge in [0.1, 0.15) is 29.6 Å². The van der Waals surface area contributed by atoms with E-state index in [-0.39, 0.29) is 30.5 Å². The van der Waals surface area contributed by atoms with Gasteiger partial charge < -0.3 is 24.7 Å². The molecule has 218 valence electrons. The summed E-state index contributed by atoms with van der Waals surface area (Å²) in [5.74, 6) is 0.657. The standard InChI is InChI=1S/C32H27F2N5O4/c33-32(34)43-28-8-2-1-5-22(28)18-39-27-15-20(21-11-13-26(31(35)41)36-17-21)10-12-25(27)37-29(39)19-42-24-7-3-6-23(16-24)38-14-4-9-30(38)40/h1-3,5-8,10-13,15-17,32H,4,9,14,18-19H2,(H2,35,41). The predicted molar refractivity (Wildman–Crippen MR) is 156 cm³/mol. The molecule has 11 heteroatoms. The van der Waals surface area contributed by atoms with E-state index in [1.165, 1.54) is 6.07 Å². The van der Waals surface area contributed by atoms with Gasteiger partial charge in [0.05, 0.1) is 17.6 Å². The average molecular weight is 584 g/mol. The van der Waals surface area contributed by atoms with Gasteiger partial charge in [-0.25, -0.2) is 4.98 Å². The Balaban J connectivity index is 1.36. The number of hydrogen-bond acceptors (Lipinski definition) is 6. The van der Waals surface area contributed by atoms with Crippen LogP contribution in [0, 0.1) is 0 Å². The Morgan fingerprint density at radius 1 is 1.00 bits per heavy atom. The molecule has 3 aromatic carbocycles. The summed E-state index contributed by atoms with van der Waals surface area (Å²) in [6.45, 7) is -2.04. The van der Waals surface area contributed by atoms with Crippen LogP contribution in [0.4, 0.5) is 14.5 Å². The van der Waals surface area contributed by atoms with Crippen LogP contribution in [-0.2, 0) is 17.9 Å². The molecule has 9 nitrogen and oxygen atoms in total. The summed E-state index contributed by atoms with van der Waals surface area (Å²) < 4.78 is 39.2. The zero-order valence-corrected chi connectivity index (χ0v) is 23.0. The van der Waals surface area contributed by atoms with E-state index in [0.29, 0.717) is 35.6 Å². The number of alkyl halides is 2. The normalized spacial score (nSPS) is 13.2. The minimum absolute atomic E-state index is 0.0663. The lowest BCUT2D eigenvalue weighted by Crippen LogP contribution is -2.23. The second-order valence-electron chi connectivity index (χ2n) is 10.0. The smallest absolute Gasteiger partial charge is 0.387 e. The Morgan fingerprint density at radius 2 is 1.84 bits per heavy atom. The van der Waals surface area contributed by atoms with E-state index in [1.807, 2.05) is 47.0 Å². The molecule has 0 spiro atoms. The van der Waals surface area contributed by atoms with Gasteiger partial charge in [-0.1, -0.05) is 36.4 Å². The number of primary amides is 1. The molecule has 0 aliphatic carbocycles. The first-order chi connectivity index (χ1) is 20.9. The summed E-state index contributed by atoms with van der Waals surface area (Å²) in [5.41, 5.74) is 9.77. The summed E-state index contributed by atoms with van der Waals surface area (Å²) in [6, 6.07) is 22.9. The average Bonchev–Trinajstić information content (AvgIpc) is 3.59. The summed E-state index contributed by atoms with van der Waals surface area (Å²) >= 11 is 0. The van der Waals surface area contributed by atoms with Crippen LogP contribution in [0.25, 0.3) is 22.2 Å². The highest BCUT2D eigenvalue weighted by Gasteiger charge is 2.22. The highest BCUT2D eigenvalue weighted by atomic mass is 19.3. The molecule has 2 aromatic heterocycles. The van der Waals surface area contributed by atoms with Crippen LogP contribution in [0.1, 0.15) is 34.7 Å². The minimum Gasteiger partial charge on any atom is -0.486 e. The first kappa shape index (κ1) is 27.8. The third kappa shape index (κ3) is 6.01. The van der Waals surface area contributed by atoms with Crippen LogP contribution in [0.3, 0.4) is 0 Å². The second-order valence-corrected chi connectivity index (χ2v) is 10.0.